The second-order valence-corrected chi connectivity index (χ2v) is 23.8. The molecule has 1 saturated heterocycles. The minimum Gasteiger partial charge on any atom is -0.493 e. The standard InChI is InChI=1S/C64H76FN11O21/c1-3-64(93)36-21-42-55-34(27-76(42)62(91)35(36)29-96-63(64)92)54-38(14-13-33-53(54)40(74-55)22-37(65)59(33)94-2)71-50(83)30-95-31-70-48(81)25-69-61(90)41(20-32-10-6-4-7-11-32)73-49(82)26-67-47(80)24-68-60(89)39(72-46(79)12-8-5-9-19-75-51(84)17-18-52(75)85)15-16-45(78)66-23-43-56(86)58(88)57(87)44(28-77)97-43/h4,6-7,10-11,17-18,21-22,38-39,41,43-44,56-58,77,86-88,93H,3,5,8-9,12-16,19-20,23-31H2,1-2H3,(H,66,78)(H,67,80)(H,68,89)(H,69,90)(H,70,81)(H,71,83)(H,72,79)(H,73,82)/t38-,39-,41-,43-,44+,56-,57+,58+,64-/m0/s1. The number of aliphatic hydroxyl groups excluding tert-OH is 4. The number of methoxy groups -OCH3 is 1. The van der Waals surface area contributed by atoms with E-state index >= 15 is 4.39 Å². The molecule has 4 aliphatic heterocycles. The molecule has 520 valence electrons. The summed E-state index contributed by atoms with van der Waals surface area (Å²) >= 11 is 0. The molecule has 10 amide bonds. The van der Waals surface area contributed by atoms with Gasteiger partial charge in [-0.2, -0.15) is 0 Å². The smallest absolute Gasteiger partial charge is 0.343 e. The topological polar surface area (TPSA) is 460 Å². The molecule has 33 heteroatoms. The zero-order valence-electron chi connectivity index (χ0n) is 52.9. The van der Waals surface area contributed by atoms with E-state index in [9.17, 15) is 83.1 Å². The van der Waals surface area contributed by atoms with Crippen molar-refractivity contribution in [3.05, 3.63) is 104 Å². The zero-order valence-corrected chi connectivity index (χ0v) is 52.9. The number of fused-ring (bicyclic) bond motifs is 5. The number of cyclic esters (lactones) is 1. The molecule has 13 N–H and O–H groups in total. The first-order valence-corrected chi connectivity index (χ1v) is 31.5. The highest BCUT2D eigenvalue weighted by molar-refractivity contribution is 6.13. The van der Waals surface area contributed by atoms with E-state index in [-0.39, 0.29) is 105 Å². The van der Waals surface area contributed by atoms with Crippen molar-refractivity contribution in [3.63, 3.8) is 0 Å². The first-order chi connectivity index (χ1) is 46.4. The van der Waals surface area contributed by atoms with Gasteiger partial charge in [-0.1, -0.05) is 43.7 Å². The summed E-state index contributed by atoms with van der Waals surface area (Å²) in [4.78, 5) is 163. The van der Waals surface area contributed by atoms with Crippen LogP contribution in [-0.2, 0) is 98.5 Å². The van der Waals surface area contributed by atoms with Crippen molar-refractivity contribution in [2.75, 3.05) is 59.8 Å². The lowest BCUT2D eigenvalue weighted by Gasteiger charge is -2.40. The van der Waals surface area contributed by atoms with Crippen LogP contribution in [0.5, 0.6) is 5.75 Å². The predicted octanol–water partition coefficient (Wildman–Crippen LogP) is -3.79. The molecule has 2 aromatic heterocycles. The van der Waals surface area contributed by atoms with Crippen molar-refractivity contribution < 1.29 is 102 Å². The Hall–Kier alpha value is -9.64. The number of esters is 1. The average Bonchev–Trinajstić information content (AvgIpc) is 1.60. The lowest BCUT2D eigenvalue weighted by Crippen LogP contribution is -2.60. The Kier molecular flexibility index (Phi) is 23.6. The number of unbranched alkanes of at least 4 members (excludes halogenated alkanes) is 2. The molecule has 97 heavy (non-hydrogen) atoms. The summed E-state index contributed by atoms with van der Waals surface area (Å²) < 4.78 is 38.6. The number of hydrogen-bond donors (Lipinski definition) is 13. The second kappa shape index (κ2) is 31.9. The van der Waals surface area contributed by atoms with Crippen LogP contribution in [0.25, 0.3) is 22.3 Å². The van der Waals surface area contributed by atoms with E-state index in [2.05, 4.69) is 42.5 Å². The van der Waals surface area contributed by atoms with Crippen molar-refractivity contribution in [3.8, 4) is 17.1 Å². The number of nitrogens with zero attached hydrogens (tertiary/aromatic N) is 3. The van der Waals surface area contributed by atoms with E-state index < -0.39 is 177 Å². The number of pyridine rings is 2. The van der Waals surface area contributed by atoms with Gasteiger partial charge in [0.15, 0.2) is 17.2 Å². The Morgan fingerprint density at radius 3 is 2.14 bits per heavy atom. The van der Waals surface area contributed by atoms with E-state index in [1.54, 1.807) is 37.3 Å². The van der Waals surface area contributed by atoms with Crippen molar-refractivity contribution in [1.29, 1.82) is 0 Å². The van der Waals surface area contributed by atoms with Crippen LogP contribution in [0.3, 0.4) is 0 Å². The van der Waals surface area contributed by atoms with E-state index in [1.807, 2.05) is 0 Å². The van der Waals surface area contributed by atoms with Crippen molar-refractivity contribution >= 4 is 75.9 Å². The lowest BCUT2D eigenvalue weighted by atomic mass is 9.82. The van der Waals surface area contributed by atoms with Gasteiger partial charge in [-0.05, 0) is 55.7 Å². The fourth-order valence-electron chi connectivity index (χ4n) is 12.3. The molecule has 32 nitrogen and oxygen atoms in total. The number of hydrogen-bond acceptors (Lipinski definition) is 22. The minimum atomic E-state index is -2.10. The van der Waals surface area contributed by atoms with Gasteiger partial charge >= 0.3 is 5.97 Å². The fraction of sp³-hybridized carbons (Fsp3) is 0.484. The molecule has 1 fully saturated rings. The quantitative estimate of drug-likeness (QED) is 0.00876. The van der Waals surface area contributed by atoms with Crippen LogP contribution in [0.4, 0.5) is 4.39 Å². The molecule has 1 aliphatic carbocycles. The van der Waals surface area contributed by atoms with Crippen LogP contribution < -0.4 is 52.8 Å². The number of rotatable bonds is 31. The normalized spacial score (nSPS) is 21.1. The summed E-state index contributed by atoms with van der Waals surface area (Å²) in [6.45, 7) is -2.87. The van der Waals surface area contributed by atoms with Crippen LogP contribution in [0.2, 0.25) is 0 Å². The number of nitrogens with one attached hydrogen (secondary N) is 8. The third-order valence-electron chi connectivity index (χ3n) is 17.4. The summed E-state index contributed by atoms with van der Waals surface area (Å²) in [5, 5.41) is 72.1. The van der Waals surface area contributed by atoms with Crippen LogP contribution in [0.15, 0.2) is 59.4 Å². The molecule has 2 aromatic carbocycles. The number of ether oxygens (including phenoxy) is 4. The number of aliphatic hydroxyl groups is 5. The Balaban J connectivity index is 0.745. The first kappa shape index (κ1) is 71.6. The second-order valence-electron chi connectivity index (χ2n) is 23.8. The highest BCUT2D eigenvalue weighted by atomic mass is 19.1. The Morgan fingerprint density at radius 1 is 0.763 bits per heavy atom. The molecule has 0 saturated carbocycles. The summed E-state index contributed by atoms with van der Waals surface area (Å²) in [6.07, 6.45) is -4.54. The number of halogens is 1. The van der Waals surface area contributed by atoms with Gasteiger partial charge in [0.25, 0.3) is 17.4 Å². The van der Waals surface area contributed by atoms with E-state index in [0.717, 1.165) is 17.1 Å². The number of carbonyl (C=O) groups excluding carboxylic acids is 11. The fourth-order valence-corrected chi connectivity index (χ4v) is 12.3. The molecule has 0 unspecified atom stereocenters. The monoisotopic (exact) mass is 1350 g/mol. The first-order valence-electron chi connectivity index (χ1n) is 31.5. The van der Waals surface area contributed by atoms with Crippen molar-refractivity contribution in [2.45, 2.75) is 139 Å². The Bertz CT molecular complexity index is 3810. The van der Waals surface area contributed by atoms with Gasteiger partial charge < -0.3 is 91.6 Å². The molecule has 4 aromatic rings. The number of amides is 10. The van der Waals surface area contributed by atoms with E-state index in [1.165, 1.54) is 23.8 Å². The summed E-state index contributed by atoms with van der Waals surface area (Å²) in [5.74, 6) is -8.64. The maximum Gasteiger partial charge on any atom is 0.343 e. The van der Waals surface area contributed by atoms with Crippen LogP contribution in [-0.4, -0.2) is 207 Å². The maximum atomic E-state index is 15.6. The molecule has 5 aliphatic rings. The molecule has 0 radical (unpaired) electrons. The molecule has 0 bridgehead atoms. The van der Waals surface area contributed by atoms with Gasteiger partial charge in [0.2, 0.25) is 47.3 Å². The van der Waals surface area contributed by atoms with Gasteiger partial charge in [0.05, 0.1) is 68.4 Å². The molecule has 0 spiro atoms. The summed E-state index contributed by atoms with van der Waals surface area (Å²) in [6, 6.07) is 7.77. The van der Waals surface area contributed by atoms with Crippen molar-refractivity contribution in [2.24, 2.45) is 0 Å². The highest BCUT2D eigenvalue weighted by Gasteiger charge is 2.47. The average molecular weight is 1350 g/mol. The van der Waals surface area contributed by atoms with E-state index in [4.69, 9.17) is 23.9 Å². The van der Waals surface area contributed by atoms with Gasteiger partial charge in [-0.15, -0.1) is 0 Å². The minimum absolute atomic E-state index is 0.00436. The third-order valence-corrected chi connectivity index (χ3v) is 17.4. The number of aromatic nitrogens is 2. The SMILES string of the molecule is CC[C@@]1(O)C(=O)OCc2c1cc1n(c2=O)Cc2c-1nc1cc(F)c(OC)c3c1c2[C@@H](NC(=O)COCNC(=O)CNC(=O)[C@H](Cc1ccccc1)NC(=O)CNC(=O)CNC(=O)[C@H](CCC(=O)NC[C@@H]1O[C@H](CO)[C@@H](O)[C@H](O)[C@H]1O)NC(=O)CCCCCN1C(=O)C=CC1=O)CC3. The molecular weight excluding hydrogens is 1280 g/mol. The van der Waals surface area contributed by atoms with Gasteiger partial charge in [-0.25, -0.2) is 14.2 Å². The van der Waals surface area contributed by atoms with Crippen LogP contribution in [0, 0.1) is 5.82 Å². The summed E-state index contributed by atoms with van der Waals surface area (Å²) in [7, 11) is 1.33. The Morgan fingerprint density at radius 2 is 1.44 bits per heavy atom. The van der Waals surface area contributed by atoms with Crippen molar-refractivity contribution in [1.82, 2.24) is 57.0 Å². The Labute approximate surface area is 552 Å². The predicted molar refractivity (Wildman–Crippen MR) is 333 cm³/mol. The lowest BCUT2D eigenvalue weighted by molar-refractivity contribution is -0.227. The number of carbonyl (C=O) groups is 11. The maximum absolute atomic E-state index is 15.6. The summed E-state index contributed by atoms with van der Waals surface area (Å²) in [5.41, 5.74) is 0.519. The van der Waals surface area contributed by atoms with Crippen LogP contribution in [0.1, 0.15) is 97.7 Å². The van der Waals surface area contributed by atoms with E-state index in [0.29, 0.717) is 40.5 Å². The molecular formula is C64H76FN11O21. The largest absolute Gasteiger partial charge is 0.493 e. The van der Waals surface area contributed by atoms with Gasteiger partial charge in [0, 0.05) is 72.6 Å². The number of imide groups is 1. The van der Waals surface area contributed by atoms with Gasteiger partial charge in [-0.3, -0.25) is 57.6 Å². The molecule has 9 rings (SSSR count). The number of benzene rings is 2. The zero-order chi connectivity index (χ0) is 69.8. The number of aryl methyl sites for hydroxylation is 1. The molecule has 6 heterocycles. The molecule has 9 atom stereocenters. The van der Waals surface area contributed by atoms with Gasteiger partial charge in [0.1, 0.15) is 62.5 Å². The van der Waals surface area contributed by atoms with Crippen LogP contribution >= 0.6 is 0 Å². The third kappa shape index (κ3) is 16.6. The highest BCUT2D eigenvalue weighted by Crippen LogP contribution is 2.47.